The first-order valence-electron chi connectivity index (χ1n) is 4.50. The molecule has 1 unspecified atom stereocenters. The standard InChI is InChI=1S/C9H17NO/c1-2-7(6-10)5-9(11)8-3-4-8/h7-8H,2-6,10H2,1H3. The average molecular weight is 155 g/mol. The van der Waals surface area contributed by atoms with Crippen LogP contribution in [0, 0.1) is 11.8 Å². The smallest absolute Gasteiger partial charge is 0.136 e. The Bertz CT molecular complexity index is 136. The molecule has 2 heteroatoms. The molecule has 0 saturated heterocycles. The Labute approximate surface area is 68.2 Å². The van der Waals surface area contributed by atoms with Crippen molar-refractivity contribution in [3.8, 4) is 0 Å². The molecule has 0 bridgehead atoms. The molecule has 2 nitrogen and oxygen atoms in total. The molecule has 1 aliphatic carbocycles. The predicted octanol–water partition coefficient (Wildman–Crippen LogP) is 1.34. The zero-order chi connectivity index (χ0) is 8.27. The maximum absolute atomic E-state index is 11.3. The average Bonchev–Trinajstić information content (AvgIpc) is 2.81. The first kappa shape index (κ1) is 8.72. The summed E-state index contributed by atoms with van der Waals surface area (Å²) >= 11 is 0. The number of carbonyl (C=O) groups excluding carboxylic acids is 1. The topological polar surface area (TPSA) is 43.1 Å². The van der Waals surface area contributed by atoms with Gasteiger partial charge in [0, 0.05) is 12.3 Å². The molecule has 0 aromatic carbocycles. The molecule has 2 N–H and O–H groups in total. The van der Waals surface area contributed by atoms with Crippen LogP contribution in [0.4, 0.5) is 0 Å². The van der Waals surface area contributed by atoms with E-state index in [2.05, 4.69) is 6.92 Å². The minimum absolute atomic E-state index is 0.413. The minimum atomic E-state index is 0.413. The molecular weight excluding hydrogens is 138 g/mol. The van der Waals surface area contributed by atoms with Crippen molar-refractivity contribution < 1.29 is 4.79 Å². The van der Waals surface area contributed by atoms with Crippen molar-refractivity contribution in [2.24, 2.45) is 17.6 Å². The van der Waals surface area contributed by atoms with Crippen molar-refractivity contribution in [1.29, 1.82) is 0 Å². The lowest BCUT2D eigenvalue weighted by Crippen LogP contribution is -2.18. The summed E-state index contributed by atoms with van der Waals surface area (Å²) in [6.07, 6.45) is 4.01. The van der Waals surface area contributed by atoms with E-state index in [0.29, 0.717) is 24.2 Å². The fourth-order valence-electron chi connectivity index (χ4n) is 1.25. The molecule has 0 amide bonds. The highest BCUT2D eigenvalue weighted by Gasteiger charge is 2.30. The largest absolute Gasteiger partial charge is 0.330 e. The minimum Gasteiger partial charge on any atom is -0.330 e. The summed E-state index contributed by atoms with van der Waals surface area (Å²) in [6.45, 7) is 2.76. The number of nitrogens with two attached hydrogens (primary N) is 1. The molecule has 64 valence electrons. The van der Waals surface area contributed by atoms with Crippen molar-refractivity contribution in [3.05, 3.63) is 0 Å². The van der Waals surface area contributed by atoms with Crippen LogP contribution < -0.4 is 5.73 Å². The lowest BCUT2D eigenvalue weighted by Gasteiger charge is -2.09. The van der Waals surface area contributed by atoms with E-state index in [-0.39, 0.29) is 0 Å². The Morgan fingerprint density at radius 3 is 2.64 bits per heavy atom. The summed E-state index contributed by atoms with van der Waals surface area (Å²) in [6, 6.07) is 0. The third-order valence-corrected chi connectivity index (χ3v) is 2.43. The molecule has 0 aliphatic heterocycles. The van der Waals surface area contributed by atoms with Crippen molar-refractivity contribution in [2.45, 2.75) is 32.6 Å². The van der Waals surface area contributed by atoms with Gasteiger partial charge in [0.05, 0.1) is 0 Å². The van der Waals surface area contributed by atoms with E-state index in [1.54, 1.807) is 0 Å². The SMILES string of the molecule is CCC(CN)CC(=O)C1CC1. The van der Waals surface area contributed by atoms with Gasteiger partial charge in [0.1, 0.15) is 5.78 Å². The second-order valence-electron chi connectivity index (χ2n) is 3.45. The molecule has 0 aromatic rings. The summed E-state index contributed by atoms with van der Waals surface area (Å²) < 4.78 is 0. The summed E-state index contributed by atoms with van der Waals surface area (Å²) in [5.41, 5.74) is 5.50. The van der Waals surface area contributed by atoms with Gasteiger partial charge in [-0.1, -0.05) is 13.3 Å². The van der Waals surface area contributed by atoms with Crippen molar-refractivity contribution in [3.63, 3.8) is 0 Å². The van der Waals surface area contributed by atoms with Gasteiger partial charge in [-0.15, -0.1) is 0 Å². The molecule has 11 heavy (non-hydrogen) atoms. The maximum Gasteiger partial charge on any atom is 0.136 e. The Balaban J connectivity index is 2.20. The van der Waals surface area contributed by atoms with Crippen molar-refractivity contribution in [1.82, 2.24) is 0 Å². The molecule has 0 aromatic heterocycles. The number of ketones is 1. The Kier molecular flexibility index (Phi) is 3.06. The van der Waals surface area contributed by atoms with Crippen LogP contribution in [0.15, 0.2) is 0 Å². The Morgan fingerprint density at radius 1 is 1.64 bits per heavy atom. The second-order valence-corrected chi connectivity index (χ2v) is 3.45. The number of rotatable bonds is 5. The highest BCUT2D eigenvalue weighted by Crippen LogP contribution is 2.32. The van der Waals surface area contributed by atoms with Gasteiger partial charge >= 0.3 is 0 Å². The highest BCUT2D eigenvalue weighted by atomic mass is 16.1. The Hall–Kier alpha value is -0.370. The van der Waals surface area contributed by atoms with Crippen molar-refractivity contribution >= 4 is 5.78 Å². The molecular formula is C9H17NO. The third-order valence-electron chi connectivity index (χ3n) is 2.43. The second kappa shape index (κ2) is 3.86. The van der Waals surface area contributed by atoms with Crippen LogP contribution in [0.5, 0.6) is 0 Å². The predicted molar refractivity (Wildman–Crippen MR) is 45.2 cm³/mol. The van der Waals surface area contributed by atoms with Crippen LogP contribution in [0.1, 0.15) is 32.6 Å². The number of carbonyl (C=O) groups is 1. The molecule has 0 radical (unpaired) electrons. The fraction of sp³-hybridized carbons (Fsp3) is 0.889. The molecule has 0 spiro atoms. The van der Waals surface area contributed by atoms with E-state index in [0.717, 1.165) is 25.7 Å². The molecule has 1 fully saturated rings. The third kappa shape index (κ3) is 2.62. The maximum atomic E-state index is 11.3. The van der Waals surface area contributed by atoms with E-state index in [1.165, 1.54) is 0 Å². The van der Waals surface area contributed by atoms with Gasteiger partial charge in [-0.25, -0.2) is 0 Å². The molecule has 1 saturated carbocycles. The molecule has 1 atom stereocenters. The van der Waals surface area contributed by atoms with Crippen LogP contribution in [0.3, 0.4) is 0 Å². The summed E-state index contributed by atoms with van der Waals surface area (Å²) in [4.78, 5) is 11.3. The molecule has 1 rings (SSSR count). The summed E-state index contributed by atoms with van der Waals surface area (Å²) in [7, 11) is 0. The van der Waals surface area contributed by atoms with E-state index in [4.69, 9.17) is 5.73 Å². The van der Waals surface area contributed by atoms with E-state index in [9.17, 15) is 4.79 Å². The van der Waals surface area contributed by atoms with Crippen LogP contribution in [0.25, 0.3) is 0 Å². The first-order valence-corrected chi connectivity index (χ1v) is 4.50. The molecule has 1 aliphatic rings. The van der Waals surface area contributed by atoms with Crippen LogP contribution >= 0.6 is 0 Å². The fourth-order valence-corrected chi connectivity index (χ4v) is 1.25. The van der Waals surface area contributed by atoms with Gasteiger partial charge in [0.25, 0.3) is 0 Å². The van der Waals surface area contributed by atoms with Gasteiger partial charge < -0.3 is 5.73 Å². The normalized spacial score (nSPS) is 19.8. The van der Waals surface area contributed by atoms with Gasteiger partial charge in [-0.05, 0) is 25.3 Å². The number of hydrogen-bond donors (Lipinski definition) is 1. The Morgan fingerprint density at radius 2 is 2.27 bits per heavy atom. The first-order chi connectivity index (χ1) is 5.27. The van der Waals surface area contributed by atoms with Gasteiger partial charge in [0.15, 0.2) is 0 Å². The van der Waals surface area contributed by atoms with Crippen LogP contribution in [0.2, 0.25) is 0 Å². The summed E-state index contributed by atoms with van der Waals surface area (Å²) in [5.74, 6) is 1.29. The van der Waals surface area contributed by atoms with Crippen molar-refractivity contribution in [2.75, 3.05) is 6.54 Å². The number of hydrogen-bond acceptors (Lipinski definition) is 2. The van der Waals surface area contributed by atoms with Crippen LogP contribution in [-0.4, -0.2) is 12.3 Å². The van der Waals surface area contributed by atoms with E-state index >= 15 is 0 Å². The van der Waals surface area contributed by atoms with Gasteiger partial charge in [-0.3, -0.25) is 4.79 Å². The zero-order valence-corrected chi connectivity index (χ0v) is 7.18. The quantitative estimate of drug-likeness (QED) is 0.651. The van der Waals surface area contributed by atoms with Gasteiger partial charge in [0.2, 0.25) is 0 Å². The van der Waals surface area contributed by atoms with Crippen LogP contribution in [-0.2, 0) is 4.79 Å². The zero-order valence-electron chi connectivity index (χ0n) is 7.18. The lowest BCUT2D eigenvalue weighted by molar-refractivity contribution is -0.121. The monoisotopic (exact) mass is 155 g/mol. The van der Waals surface area contributed by atoms with E-state index < -0.39 is 0 Å². The highest BCUT2D eigenvalue weighted by molar-refractivity contribution is 5.83. The lowest BCUT2D eigenvalue weighted by atomic mass is 9.98. The number of Topliss-reactive ketones (excluding diaryl/α,β-unsaturated/α-hetero) is 1. The summed E-state index contributed by atoms with van der Waals surface area (Å²) in [5, 5.41) is 0. The molecule has 0 heterocycles. The van der Waals surface area contributed by atoms with E-state index in [1.807, 2.05) is 0 Å². The van der Waals surface area contributed by atoms with Gasteiger partial charge in [-0.2, -0.15) is 0 Å².